The minimum absolute atomic E-state index is 0.0858. The highest BCUT2D eigenvalue weighted by molar-refractivity contribution is 8.01. The van der Waals surface area contributed by atoms with Gasteiger partial charge in [0.15, 0.2) is 0 Å². The second-order valence-electron chi connectivity index (χ2n) is 4.44. The highest BCUT2D eigenvalue weighted by Gasteiger charge is 2.44. The lowest BCUT2D eigenvalue weighted by Gasteiger charge is -2.24. The van der Waals surface area contributed by atoms with Gasteiger partial charge in [-0.1, -0.05) is 13.0 Å². The molecule has 1 saturated heterocycles. The van der Waals surface area contributed by atoms with Gasteiger partial charge in [-0.15, -0.1) is 11.8 Å². The summed E-state index contributed by atoms with van der Waals surface area (Å²) in [7, 11) is 0. The van der Waals surface area contributed by atoms with Crippen molar-refractivity contribution >= 4 is 11.8 Å². The van der Waals surface area contributed by atoms with Crippen LogP contribution in [0.2, 0.25) is 0 Å². The molecule has 1 N–H and O–H groups in total. The topological polar surface area (TPSA) is 12.0 Å². The molecule has 1 nitrogen and oxygen atoms in total. The van der Waals surface area contributed by atoms with Crippen LogP contribution < -0.4 is 5.32 Å². The molecule has 1 aliphatic heterocycles. The van der Waals surface area contributed by atoms with Gasteiger partial charge in [-0.25, -0.2) is 4.39 Å². The van der Waals surface area contributed by atoms with Gasteiger partial charge in [-0.05, 0) is 36.1 Å². The first kappa shape index (κ1) is 9.67. The van der Waals surface area contributed by atoms with Crippen LogP contribution in [0.15, 0.2) is 18.2 Å². The molecule has 1 aromatic rings. The quantitative estimate of drug-likeness (QED) is 0.725. The van der Waals surface area contributed by atoms with E-state index in [-0.39, 0.29) is 10.7 Å². The average molecular weight is 223 g/mol. The van der Waals surface area contributed by atoms with Gasteiger partial charge >= 0.3 is 0 Å². The van der Waals surface area contributed by atoms with Crippen LogP contribution in [0.25, 0.3) is 0 Å². The van der Waals surface area contributed by atoms with E-state index in [9.17, 15) is 4.39 Å². The molecule has 15 heavy (non-hydrogen) atoms. The summed E-state index contributed by atoms with van der Waals surface area (Å²) in [5, 5.41) is 4.25. The molecule has 3 heteroatoms. The summed E-state index contributed by atoms with van der Waals surface area (Å²) >= 11 is 1.99. The van der Waals surface area contributed by atoms with Crippen molar-refractivity contribution in [3.8, 4) is 0 Å². The Morgan fingerprint density at radius 3 is 3.13 bits per heavy atom. The second kappa shape index (κ2) is 3.22. The van der Waals surface area contributed by atoms with Crippen molar-refractivity contribution < 1.29 is 4.39 Å². The smallest absolute Gasteiger partial charge is 0.123 e. The lowest BCUT2D eigenvalue weighted by molar-refractivity contribution is 0.515. The molecule has 1 heterocycles. The highest BCUT2D eigenvalue weighted by atomic mass is 32.2. The molecule has 1 fully saturated rings. The van der Waals surface area contributed by atoms with E-state index in [1.54, 1.807) is 12.1 Å². The molecule has 0 amide bonds. The van der Waals surface area contributed by atoms with Crippen molar-refractivity contribution in [2.24, 2.45) is 0 Å². The maximum atomic E-state index is 13.1. The number of halogens is 1. The Hall–Kier alpha value is -0.540. The number of rotatable bonds is 0. The second-order valence-corrected chi connectivity index (χ2v) is 6.18. The number of fused-ring (bicyclic) bond motifs is 2. The fourth-order valence-corrected chi connectivity index (χ4v) is 4.22. The first-order valence-corrected chi connectivity index (χ1v) is 6.29. The van der Waals surface area contributed by atoms with Crippen molar-refractivity contribution in [1.29, 1.82) is 0 Å². The van der Waals surface area contributed by atoms with E-state index in [0.717, 1.165) is 19.4 Å². The van der Waals surface area contributed by atoms with E-state index < -0.39 is 0 Å². The van der Waals surface area contributed by atoms with Crippen molar-refractivity contribution in [2.75, 3.05) is 6.54 Å². The van der Waals surface area contributed by atoms with E-state index in [0.29, 0.717) is 5.25 Å². The lowest BCUT2D eigenvalue weighted by Crippen LogP contribution is -2.31. The minimum Gasteiger partial charge on any atom is -0.298 e. The van der Waals surface area contributed by atoms with Gasteiger partial charge < -0.3 is 0 Å². The SMILES string of the molecule is CC1CNC2(CCc3cc(F)ccc32)S1. The zero-order chi connectivity index (χ0) is 10.5. The molecule has 1 aromatic carbocycles. The third-order valence-corrected chi connectivity index (χ3v) is 4.87. The number of hydrogen-bond acceptors (Lipinski definition) is 2. The molecular formula is C12H14FNS. The maximum Gasteiger partial charge on any atom is 0.123 e. The van der Waals surface area contributed by atoms with Crippen LogP contribution in [-0.2, 0) is 11.3 Å². The van der Waals surface area contributed by atoms with E-state index in [2.05, 4.69) is 12.2 Å². The van der Waals surface area contributed by atoms with Crippen molar-refractivity contribution in [2.45, 2.75) is 29.9 Å². The number of aryl methyl sites for hydroxylation is 1. The van der Waals surface area contributed by atoms with Crippen LogP contribution in [0.1, 0.15) is 24.5 Å². The standard InChI is InChI=1S/C12H14FNS/c1-8-7-14-12(15-8)5-4-9-6-10(13)2-3-11(9)12/h2-3,6,8,14H,4-5,7H2,1H3. The summed E-state index contributed by atoms with van der Waals surface area (Å²) in [5.41, 5.74) is 2.49. The molecule has 2 atom stereocenters. The molecule has 2 aliphatic rings. The molecule has 0 radical (unpaired) electrons. The first-order valence-electron chi connectivity index (χ1n) is 5.41. The first-order chi connectivity index (χ1) is 7.20. The van der Waals surface area contributed by atoms with Crippen LogP contribution in [-0.4, -0.2) is 11.8 Å². The summed E-state index contributed by atoms with van der Waals surface area (Å²) in [6, 6.07) is 5.22. The molecule has 0 bridgehead atoms. The molecule has 2 unspecified atom stereocenters. The Bertz CT molecular complexity index is 407. The highest BCUT2D eigenvalue weighted by Crippen LogP contribution is 2.49. The number of benzene rings is 1. The number of nitrogens with one attached hydrogen (secondary N) is 1. The fraction of sp³-hybridized carbons (Fsp3) is 0.500. The van der Waals surface area contributed by atoms with Crippen LogP contribution in [0.4, 0.5) is 4.39 Å². The van der Waals surface area contributed by atoms with Gasteiger partial charge in [0.25, 0.3) is 0 Å². The van der Waals surface area contributed by atoms with Crippen LogP contribution >= 0.6 is 11.8 Å². The molecule has 0 saturated carbocycles. The van der Waals surface area contributed by atoms with Crippen LogP contribution in [0.3, 0.4) is 0 Å². The molecule has 1 aliphatic carbocycles. The lowest BCUT2D eigenvalue weighted by atomic mass is 10.1. The third kappa shape index (κ3) is 1.41. The van der Waals surface area contributed by atoms with E-state index >= 15 is 0 Å². The largest absolute Gasteiger partial charge is 0.298 e. The zero-order valence-electron chi connectivity index (χ0n) is 8.72. The Morgan fingerprint density at radius 1 is 1.53 bits per heavy atom. The Morgan fingerprint density at radius 2 is 2.40 bits per heavy atom. The van der Waals surface area contributed by atoms with Gasteiger partial charge in [-0.2, -0.15) is 0 Å². The number of thioether (sulfide) groups is 1. The van der Waals surface area contributed by atoms with Crippen LogP contribution in [0.5, 0.6) is 0 Å². The molecule has 1 spiro atoms. The molecule has 80 valence electrons. The van der Waals surface area contributed by atoms with Crippen LogP contribution in [0, 0.1) is 5.82 Å². The summed E-state index contributed by atoms with van der Waals surface area (Å²) in [4.78, 5) is 0.0858. The summed E-state index contributed by atoms with van der Waals surface area (Å²) in [5.74, 6) is -0.109. The maximum absolute atomic E-state index is 13.1. The number of hydrogen-bond donors (Lipinski definition) is 1. The van der Waals surface area contributed by atoms with Gasteiger partial charge in [0.1, 0.15) is 5.82 Å². The predicted octanol–water partition coefficient (Wildman–Crippen LogP) is 2.65. The van der Waals surface area contributed by atoms with E-state index in [1.807, 2.05) is 17.8 Å². The summed E-state index contributed by atoms with van der Waals surface area (Å²) in [6.45, 7) is 3.30. The van der Waals surface area contributed by atoms with E-state index in [1.165, 1.54) is 11.1 Å². The van der Waals surface area contributed by atoms with Gasteiger partial charge in [0.2, 0.25) is 0 Å². The van der Waals surface area contributed by atoms with Gasteiger partial charge in [0, 0.05) is 11.8 Å². The Balaban J connectivity index is 2.04. The van der Waals surface area contributed by atoms with Crippen molar-refractivity contribution in [3.05, 3.63) is 35.1 Å². The van der Waals surface area contributed by atoms with E-state index in [4.69, 9.17) is 0 Å². The third-order valence-electron chi connectivity index (χ3n) is 3.33. The van der Waals surface area contributed by atoms with Crippen molar-refractivity contribution in [1.82, 2.24) is 5.32 Å². The van der Waals surface area contributed by atoms with Crippen molar-refractivity contribution in [3.63, 3.8) is 0 Å². The summed E-state index contributed by atoms with van der Waals surface area (Å²) < 4.78 is 13.1. The van der Waals surface area contributed by atoms with Gasteiger partial charge in [0.05, 0.1) is 4.87 Å². The summed E-state index contributed by atoms with van der Waals surface area (Å²) in [6.07, 6.45) is 2.10. The minimum atomic E-state index is -0.109. The predicted molar refractivity (Wildman–Crippen MR) is 61.5 cm³/mol. The molecule has 0 aromatic heterocycles. The van der Waals surface area contributed by atoms with Gasteiger partial charge in [-0.3, -0.25) is 5.32 Å². The Labute approximate surface area is 93.4 Å². The zero-order valence-corrected chi connectivity index (χ0v) is 9.53. The Kier molecular flexibility index (Phi) is 2.08. The molecular weight excluding hydrogens is 209 g/mol. The average Bonchev–Trinajstić information content (AvgIpc) is 2.73. The fourth-order valence-electron chi connectivity index (χ4n) is 2.65. The monoisotopic (exact) mass is 223 g/mol. The normalized spacial score (nSPS) is 33.6. The molecule has 3 rings (SSSR count).